The molecule has 1 atom stereocenters. The van der Waals surface area contributed by atoms with E-state index in [4.69, 9.17) is 5.73 Å². The third-order valence-electron chi connectivity index (χ3n) is 2.89. The van der Waals surface area contributed by atoms with Gasteiger partial charge in [-0.15, -0.1) is 0 Å². The number of hydrogen-bond donors (Lipinski definition) is 2. The van der Waals surface area contributed by atoms with Crippen LogP contribution in [-0.2, 0) is 12.6 Å². The van der Waals surface area contributed by atoms with Crippen molar-refractivity contribution >= 4 is 22.7 Å². The van der Waals surface area contributed by atoms with Crippen molar-refractivity contribution in [3.8, 4) is 0 Å². The van der Waals surface area contributed by atoms with Crippen molar-refractivity contribution in [1.82, 2.24) is 0 Å². The second kappa shape index (κ2) is 5.75. The molecule has 0 saturated carbocycles. The summed E-state index contributed by atoms with van der Waals surface area (Å²) in [7, 11) is 0. The predicted molar refractivity (Wildman–Crippen MR) is 77.0 cm³/mol. The van der Waals surface area contributed by atoms with Gasteiger partial charge in [0.05, 0.1) is 5.56 Å². The minimum absolute atomic E-state index is 0.0364. The standard InChI is InChI=1S/C14H15F3N2S/c1-9(6-10-4-5-20-8-10)19-11-2-3-13(18)12(7-11)14(15,16)17/h2-5,7-9,19H,6,18H2,1H3. The lowest BCUT2D eigenvalue weighted by atomic mass is 10.1. The molecule has 0 amide bonds. The first-order valence-corrected chi connectivity index (χ1v) is 7.05. The van der Waals surface area contributed by atoms with Crippen molar-refractivity contribution in [3.05, 3.63) is 46.2 Å². The van der Waals surface area contributed by atoms with E-state index >= 15 is 0 Å². The van der Waals surface area contributed by atoms with Crippen LogP contribution in [0.1, 0.15) is 18.1 Å². The van der Waals surface area contributed by atoms with Crippen LogP contribution >= 0.6 is 11.3 Å². The minimum atomic E-state index is -4.43. The normalized spacial score (nSPS) is 13.2. The number of thiophene rings is 1. The Hall–Kier alpha value is -1.69. The monoisotopic (exact) mass is 300 g/mol. The van der Waals surface area contributed by atoms with Crippen molar-refractivity contribution < 1.29 is 13.2 Å². The number of hydrogen-bond acceptors (Lipinski definition) is 3. The Morgan fingerprint density at radius 3 is 2.65 bits per heavy atom. The molecule has 0 bridgehead atoms. The Balaban J connectivity index is 2.10. The number of anilines is 2. The molecule has 0 aliphatic carbocycles. The number of alkyl halides is 3. The molecule has 0 aliphatic heterocycles. The second-order valence-electron chi connectivity index (χ2n) is 4.68. The van der Waals surface area contributed by atoms with Gasteiger partial charge in [-0.05, 0) is 53.9 Å². The van der Waals surface area contributed by atoms with E-state index in [0.29, 0.717) is 5.69 Å². The highest BCUT2D eigenvalue weighted by Gasteiger charge is 2.33. The summed E-state index contributed by atoms with van der Waals surface area (Å²) < 4.78 is 38.3. The smallest absolute Gasteiger partial charge is 0.398 e. The fourth-order valence-corrected chi connectivity index (χ4v) is 2.67. The van der Waals surface area contributed by atoms with Crippen LogP contribution in [0.4, 0.5) is 24.5 Å². The molecule has 1 aromatic carbocycles. The predicted octanol–water partition coefficient (Wildman–Crippen LogP) is 4.39. The molecular formula is C14H15F3N2S. The Bertz CT molecular complexity index is 564. The first-order chi connectivity index (χ1) is 9.36. The molecule has 3 N–H and O–H groups in total. The van der Waals surface area contributed by atoms with Crippen LogP contribution in [0.25, 0.3) is 0 Å². The summed E-state index contributed by atoms with van der Waals surface area (Å²) in [6.45, 7) is 1.93. The summed E-state index contributed by atoms with van der Waals surface area (Å²) in [4.78, 5) is 0. The third kappa shape index (κ3) is 3.66. The molecule has 1 unspecified atom stereocenters. The van der Waals surface area contributed by atoms with Gasteiger partial charge in [0.25, 0.3) is 0 Å². The maximum absolute atomic E-state index is 12.8. The van der Waals surface area contributed by atoms with Crippen LogP contribution in [0.5, 0.6) is 0 Å². The molecular weight excluding hydrogens is 285 g/mol. The fraction of sp³-hybridized carbons (Fsp3) is 0.286. The second-order valence-corrected chi connectivity index (χ2v) is 5.46. The van der Waals surface area contributed by atoms with Crippen LogP contribution in [0.3, 0.4) is 0 Å². The molecule has 1 aromatic heterocycles. The van der Waals surface area contributed by atoms with Gasteiger partial charge < -0.3 is 11.1 Å². The van der Waals surface area contributed by atoms with E-state index in [1.54, 1.807) is 17.4 Å². The molecule has 0 fully saturated rings. The van der Waals surface area contributed by atoms with E-state index < -0.39 is 11.7 Å². The Labute approximate surface area is 119 Å². The molecule has 108 valence electrons. The molecule has 0 radical (unpaired) electrons. The van der Waals surface area contributed by atoms with Crippen molar-refractivity contribution in [3.63, 3.8) is 0 Å². The van der Waals surface area contributed by atoms with E-state index in [1.165, 1.54) is 11.6 Å². The molecule has 2 nitrogen and oxygen atoms in total. The maximum Gasteiger partial charge on any atom is 0.418 e. The summed E-state index contributed by atoms with van der Waals surface area (Å²) in [5.74, 6) is 0. The van der Waals surface area contributed by atoms with Crippen molar-refractivity contribution in [2.75, 3.05) is 11.1 Å². The van der Waals surface area contributed by atoms with Crippen molar-refractivity contribution in [2.45, 2.75) is 25.6 Å². The maximum atomic E-state index is 12.8. The summed E-state index contributed by atoms with van der Waals surface area (Å²) >= 11 is 1.60. The number of benzene rings is 1. The quantitative estimate of drug-likeness (QED) is 0.822. The van der Waals surface area contributed by atoms with Crippen LogP contribution in [-0.4, -0.2) is 6.04 Å². The molecule has 0 spiro atoms. The van der Waals surface area contributed by atoms with E-state index in [9.17, 15) is 13.2 Å². The molecule has 1 heterocycles. The summed E-state index contributed by atoms with van der Waals surface area (Å²) in [6, 6.07) is 5.94. The van der Waals surface area contributed by atoms with Gasteiger partial charge in [0.1, 0.15) is 0 Å². The first kappa shape index (κ1) is 14.7. The largest absolute Gasteiger partial charge is 0.418 e. The molecule has 0 aliphatic rings. The average Bonchev–Trinajstić information content (AvgIpc) is 2.83. The molecule has 2 aromatic rings. The van der Waals surface area contributed by atoms with Crippen molar-refractivity contribution in [2.24, 2.45) is 0 Å². The van der Waals surface area contributed by atoms with Crippen LogP contribution in [0.2, 0.25) is 0 Å². The zero-order chi connectivity index (χ0) is 14.8. The van der Waals surface area contributed by atoms with Gasteiger partial charge in [0.2, 0.25) is 0 Å². The highest BCUT2D eigenvalue weighted by atomic mass is 32.1. The van der Waals surface area contributed by atoms with Gasteiger partial charge in [-0.3, -0.25) is 0 Å². The van der Waals surface area contributed by atoms with Crippen LogP contribution in [0.15, 0.2) is 35.0 Å². The van der Waals surface area contributed by atoms with E-state index in [-0.39, 0.29) is 11.7 Å². The number of nitrogen functional groups attached to an aromatic ring is 1. The zero-order valence-corrected chi connectivity index (χ0v) is 11.7. The highest BCUT2D eigenvalue weighted by Crippen LogP contribution is 2.35. The molecule has 20 heavy (non-hydrogen) atoms. The van der Waals surface area contributed by atoms with Crippen molar-refractivity contribution in [1.29, 1.82) is 0 Å². The van der Waals surface area contributed by atoms with Gasteiger partial charge in [-0.1, -0.05) is 0 Å². The first-order valence-electron chi connectivity index (χ1n) is 6.10. The Morgan fingerprint density at radius 1 is 1.30 bits per heavy atom. The number of nitrogens with one attached hydrogen (secondary N) is 1. The SMILES string of the molecule is CC(Cc1ccsc1)Nc1ccc(N)c(C(F)(F)F)c1. The van der Waals surface area contributed by atoms with Gasteiger partial charge in [-0.25, -0.2) is 0 Å². The fourth-order valence-electron chi connectivity index (χ4n) is 1.99. The lowest BCUT2D eigenvalue weighted by molar-refractivity contribution is -0.136. The van der Waals surface area contributed by atoms with Crippen LogP contribution in [0, 0.1) is 0 Å². The van der Waals surface area contributed by atoms with Gasteiger partial charge in [0, 0.05) is 17.4 Å². The van der Waals surface area contributed by atoms with E-state index in [0.717, 1.165) is 12.5 Å². The molecule has 0 saturated heterocycles. The van der Waals surface area contributed by atoms with Gasteiger partial charge in [-0.2, -0.15) is 24.5 Å². The summed E-state index contributed by atoms with van der Waals surface area (Å²) in [6.07, 6.45) is -3.67. The number of halogens is 3. The lowest BCUT2D eigenvalue weighted by Crippen LogP contribution is -2.18. The van der Waals surface area contributed by atoms with Gasteiger partial charge in [0.15, 0.2) is 0 Å². The molecule has 6 heteroatoms. The van der Waals surface area contributed by atoms with Gasteiger partial charge >= 0.3 is 6.18 Å². The summed E-state index contributed by atoms with van der Waals surface area (Å²) in [5, 5.41) is 7.08. The van der Waals surface area contributed by atoms with E-state index in [1.807, 2.05) is 23.8 Å². The Morgan fingerprint density at radius 2 is 2.05 bits per heavy atom. The highest BCUT2D eigenvalue weighted by molar-refractivity contribution is 7.07. The lowest BCUT2D eigenvalue weighted by Gasteiger charge is -2.17. The Kier molecular flexibility index (Phi) is 4.23. The van der Waals surface area contributed by atoms with E-state index in [2.05, 4.69) is 5.32 Å². The average molecular weight is 300 g/mol. The minimum Gasteiger partial charge on any atom is -0.398 e. The number of nitrogens with two attached hydrogens (primary N) is 1. The number of rotatable bonds is 4. The molecule has 2 rings (SSSR count). The zero-order valence-electron chi connectivity index (χ0n) is 10.9. The third-order valence-corrected chi connectivity index (χ3v) is 3.63. The van der Waals surface area contributed by atoms with Crippen LogP contribution < -0.4 is 11.1 Å². The topological polar surface area (TPSA) is 38.0 Å². The summed E-state index contributed by atoms with van der Waals surface area (Å²) in [5.41, 5.74) is 5.91.